The zero-order valence-electron chi connectivity index (χ0n) is 14.9. The first-order valence-corrected chi connectivity index (χ1v) is 9.24. The number of rotatable bonds is 7. The Balaban J connectivity index is 1.51. The van der Waals surface area contributed by atoms with Crippen LogP contribution in [0.15, 0.2) is 54.7 Å². The molecule has 8 nitrogen and oxygen atoms in total. The Hall–Kier alpha value is -3.66. The maximum Gasteiger partial charge on any atom is 0.270 e. The topological polar surface area (TPSA) is 114 Å². The third-order valence-corrected chi connectivity index (χ3v) is 4.73. The number of carbonyl (C=O) groups is 2. The van der Waals surface area contributed by atoms with Crippen molar-refractivity contribution in [2.24, 2.45) is 0 Å². The van der Waals surface area contributed by atoms with E-state index in [9.17, 15) is 24.1 Å². The highest BCUT2D eigenvalue weighted by atomic mass is 32.1. The zero-order chi connectivity index (χ0) is 20.8. The van der Waals surface area contributed by atoms with Gasteiger partial charge in [0.1, 0.15) is 5.82 Å². The fourth-order valence-corrected chi connectivity index (χ4v) is 3.30. The second-order valence-corrected chi connectivity index (χ2v) is 7.09. The third kappa shape index (κ3) is 5.66. The highest BCUT2D eigenvalue weighted by molar-refractivity contribution is 7.15. The molecule has 0 aliphatic rings. The minimum absolute atomic E-state index is 0.0860. The minimum atomic E-state index is -0.602. The standard InChI is InChI=1S/C19H15FN4O4S/c20-14-6-4-12(5-7-14)8-16-10-22-19(29-16)23-17(25)11-21-18(26)13-2-1-3-15(9-13)24(27)28/h1-7,9-10H,8,11H2,(H,21,26)(H,22,23,25). The van der Waals surface area contributed by atoms with Gasteiger partial charge in [-0.25, -0.2) is 9.37 Å². The fourth-order valence-electron chi connectivity index (χ4n) is 2.44. The number of benzene rings is 2. The summed E-state index contributed by atoms with van der Waals surface area (Å²) in [6, 6.07) is 11.3. The molecule has 0 bridgehead atoms. The Bertz CT molecular complexity index is 1050. The number of carbonyl (C=O) groups excluding carboxylic acids is 2. The highest BCUT2D eigenvalue weighted by Crippen LogP contribution is 2.21. The summed E-state index contributed by atoms with van der Waals surface area (Å²) in [5.74, 6) is -1.38. The van der Waals surface area contributed by atoms with Crippen molar-refractivity contribution in [3.8, 4) is 0 Å². The fraction of sp³-hybridized carbons (Fsp3) is 0.105. The predicted molar refractivity (Wildman–Crippen MR) is 105 cm³/mol. The average Bonchev–Trinajstić information content (AvgIpc) is 3.14. The first-order chi connectivity index (χ1) is 13.9. The van der Waals surface area contributed by atoms with Gasteiger partial charge < -0.3 is 10.6 Å². The van der Waals surface area contributed by atoms with Crippen LogP contribution in [0.1, 0.15) is 20.8 Å². The van der Waals surface area contributed by atoms with Gasteiger partial charge in [0.2, 0.25) is 5.91 Å². The molecular formula is C19H15FN4O4S. The molecule has 2 aromatic carbocycles. The van der Waals surface area contributed by atoms with Crippen molar-refractivity contribution in [1.82, 2.24) is 10.3 Å². The Kier molecular flexibility index (Phi) is 6.25. The van der Waals surface area contributed by atoms with Crippen LogP contribution in [0.2, 0.25) is 0 Å². The molecule has 10 heteroatoms. The van der Waals surface area contributed by atoms with Crippen LogP contribution < -0.4 is 10.6 Å². The second kappa shape index (κ2) is 9.02. The average molecular weight is 414 g/mol. The van der Waals surface area contributed by atoms with E-state index in [1.165, 1.54) is 41.7 Å². The monoisotopic (exact) mass is 414 g/mol. The molecule has 0 aliphatic heterocycles. The van der Waals surface area contributed by atoms with Gasteiger partial charge in [0.25, 0.3) is 11.6 Å². The van der Waals surface area contributed by atoms with Gasteiger partial charge in [0, 0.05) is 35.2 Å². The molecule has 0 spiro atoms. The van der Waals surface area contributed by atoms with E-state index in [1.54, 1.807) is 18.3 Å². The van der Waals surface area contributed by atoms with Crippen molar-refractivity contribution in [1.29, 1.82) is 0 Å². The number of hydrogen-bond donors (Lipinski definition) is 2. The molecule has 148 valence electrons. The number of halogens is 1. The van der Waals surface area contributed by atoms with E-state index in [0.717, 1.165) is 16.5 Å². The molecule has 2 N–H and O–H groups in total. The third-order valence-electron chi connectivity index (χ3n) is 3.82. The van der Waals surface area contributed by atoms with Crippen molar-refractivity contribution in [3.63, 3.8) is 0 Å². The van der Waals surface area contributed by atoms with Crippen LogP contribution in [0.5, 0.6) is 0 Å². The number of nitrogens with one attached hydrogen (secondary N) is 2. The van der Waals surface area contributed by atoms with Gasteiger partial charge in [-0.05, 0) is 23.8 Å². The summed E-state index contributed by atoms with van der Waals surface area (Å²) in [5, 5.41) is 16.1. The first-order valence-electron chi connectivity index (χ1n) is 8.42. The number of aromatic nitrogens is 1. The molecule has 3 aromatic rings. The van der Waals surface area contributed by atoms with Gasteiger partial charge in [-0.15, -0.1) is 11.3 Å². The number of anilines is 1. The van der Waals surface area contributed by atoms with Crippen LogP contribution in [0.3, 0.4) is 0 Å². The minimum Gasteiger partial charge on any atom is -0.343 e. The van der Waals surface area contributed by atoms with E-state index in [1.807, 2.05) is 0 Å². The van der Waals surface area contributed by atoms with Gasteiger partial charge in [-0.2, -0.15) is 0 Å². The van der Waals surface area contributed by atoms with E-state index in [-0.39, 0.29) is 23.6 Å². The lowest BCUT2D eigenvalue weighted by molar-refractivity contribution is -0.384. The number of nitro groups is 1. The Morgan fingerprint density at radius 2 is 1.93 bits per heavy atom. The van der Waals surface area contributed by atoms with Crippen LogP contribution >= 0.6 is 11.3 Å². The number of amides is 2. The molecule has 0 unspecified atom stereocenters. The number of nitro benzene ring substituents is 1. The molecule has 0 aliphatic carbocycles. The van der Waals surface area contributed by atoms with Crippen molar-refractivity contribution in [2.45, 2.75) is 6.42 Å². The van der Waals surface area contributed by atoms with Crippen LogP contribution in [0, 0.1) is 15.9 Å². The summed E-state index contributed by atoms with van der Waals surface area (Å²) in [5.41, 5.74) is 0.790. The molecule has 0 radical (unpaired) electrons. The Morgan fingerprint density at radius 1 is 1.17 bits per heavy atom. The molecular weight excluding hydrogens is 399 g/mol. The van der Waals surface area contributed by atoms with E-state index in [0.29, 0.717) is 11.6 Å². The molecule has 0 saturated carbocycles. The maximum absolute atomic E-state index is 12.9. The number of hydrogen-bond acceptors (Lipinski definition) is 6. The Labute approximate surface area is 168 Å². The van der Waals surface area contributed by atoms with E-state index in [4.69, 9.17) is 0 Å². The molecule has 0 saturated heterocycles. The molecule has 29 heavy (non-hydrogen) atoms. The summed E-state index contributed by atoms with van der Waals surface area (Å²) in [6.45, 7) is -0.311. The van der Waals surface area contributed by atoms with E-state index < -0.39 is 16.7 Å². The zero-order valence-corrected chi connectivity index (χ0v) is 15.7. The molecule has 3 rings (SSSR count). The number of nitrogens with zero attached hydrogens (tertiary/aromatic N) is 2. The largest absolute Gasteiger partial charge is 0.343 e. The van der Waals surface area contributed by atoms with Crippen LogP contribution in [-0.4, -0.2) is 28.3 Å². The molecule has 2 amide bonds. The summed E-state index contributed by atoms with van der Waals surface area (Å²) in [6.07, 6.45) is 2.17. The predicted octanol–water partition coefficient (Wildman–Crippen LogP) is 3.15. The summed E-state index contributed by atoms with van der Waals surface area (Å²) in [7, 11) is 0. The van der Waals surface area contributed by atoms with Gasteiger partial charge in [0.15, 0.2) is 5.13 Å². The van der Waals surface area contributed by atoms with Crippen molar-refractivity contribution in [2.75, 3.05) is 11.9 Å². The van der Waals surface area contributed by atoms with Crippen molar-refractivity contribution in [3.05, 3.63) is 86.7 Å². The maximum atomic E-state index is 12.9. The quantitative estimate of drug-likeness (QED) is 0.455. The number of non-ortho nitro benzene ring substituents is 1. The summed E-state index contributed by atoms with van der Waals surface area (Å²) >= 11 is 1.27. The van der Waals surface area contributed by atoms with Gasteiger partial charge in [-0.3, -0.25) is 19.7 Å². The van der Waals surface area contributed by atoms with Crippen LogP contribution in [0.4, 0.5) is 15.2 Å². The normalized spacial score (nSPS) is 10.4. The van der Waals surface area contributed by atoms with Crippen LogP contribution in [0.25, 0.3) is 0 Å². The van der Waals surface area contributed by atoms with E-state index in [2.05, 4.69) is 15.6 Å². The second-order valence-electron chi connectivity index (χ2n) is 5.97. The lowest BCUT2D eigenvalue weighted by atomic mass is 10.1. The molecule has 1 heterocycles. The van der Waals surface area contributed by atoms with Crippen molar-refractivity contribution < 1.29 is 18.9 Å². The summed E-state index contributed by atoms with van der Waals surface area (Å²) < 4.78 is 12.9. The lowest BCUT2D eigenvalue weighted by Gasteiger charge is -2.05. The Morgan fingerprint density at radius 3 is 2.66 bits per heavy atom. The van der Waals surface area contributed by atoms with Gasteiger partial charge in [-0.1, -0.05) is 18.2 Å². The van der Waals surface area contributed by atoms with Crippen LogP contribution in [-0.2, 0) is 11.2 Å². The highest BCUT2D eigenvalue weighted by Gasteiger charge is 2.13. The SMILES string of the molecule is O=C(CNC(=O)c1cccc([N+](=O)[O-])c1)Nc1ncc(Cc2ccc(F)cc2)s1. The summed E-state index contributed by atoms with van der Waals surface area (Å²) in [4.78, 5) is 39.2. The molecule has 1 aromatic heterocycles. The van der Waals surface area contributed by atoms with Gasteiger partial charge >= 0.3 is 0 Å². The number of thiazole rings is 1. The molecule has 0 fully saturated rings. The van der Waals surface area contributed by atoms with Gasteiger partial charge in [0.05, 0.1) is 11.5 Å². The first kappa shape index (κ1) is 20.1. The molecule has 0 atom stereocenters. The van der Waals surface area contributed by atoms with Crippen molar-refractivity contribution >= 4 is 34.0 Å². The van der Waals surface area contributed by atoms with E-state index >= 15 is 0 Å². The lowest BCUT2D eigenvalue weighted by Crippen LogP contribution is -2.32. The smallest absolute Gasteiger partial charge is 0.270 e.